The van der Waals surface area contributed by atoms with Crippen LogP contribution in [-0.4, -0.2) is 30.9 Å². The maximum Gasteiger partial charge on any atom is 0.254 e. The number of aromatic nitrogens is 1. The molecule has 0 bridgehead atoms. The Morgan fingerprint density at radius 2 is 1.62 bits per heavy atom. The molecule has 0 aliphatic rings. The second kappa shape index (κ2) is 7.18. The monoisotopic (exact) mass is 352 g/mol. The molecule has 0 radical (unpaired) electrons. The van der Waals surface area contributed by atoms with Crippen molar-refractivity contribution in [2.24, 2.45) is 0 Å². The van der Waals surface area contributed by atoms with Crippen LogP contribution in [0.1, 0.15) is 20.7 Å². The maximum atomic E-state index is 14.2. The SMILES string of the molecule is CNC(=O)c1cc2c(Nc3ccccc3)c(C(=O)NC)cnc2cc1F. The molecule has 26 heavy (non-hydrogen) atoms. The Balaban J connectivity index is 2.27. The number of benzene rings is 2. The molecule has 1 heterocycles. The molecule has 0 aliphatic heterocycles. The lowest BCUT2D eigenvalue weighted by atomic mass is 10.0. The van der Waals surface area contributed by atoms with Gasteiger partial charge in [0.25, 0.3) is 11.8 Å². The Bertz CT molecular complexity index is 990. The molecule has 0 aliphatic carbocycles. The van der Waals surface area contributed by atoms with Crippen LogP contribution < -0.4 is 16.0 Å². The van der Waals surface area contributed by atoms with E-state index in [0.29, 0.717) is 22.2 Å². The van der Waals surface area contributed by atoms with E-state index in [9.17, 15) is 14.0 Å². The highest BCUT2D eigenvalue weighted by Gasteiger charge is 2.19. The zero-order valence-corrected chi connectivity index (χ0v) is 14.3. The minimum absolute atomic E-state index is 0.119. The van der Waals surface area contributed by atoms with Gasteiger partial charge in [-0.1, -0.05) is 18.2 Å². The van der Waals surface area contributed by atoms with Crippen molar-refractivity contribution < 1.29 is 14.0 Å². The summed E-state index contributed by atoms with van der Waals surface area (Å²) in [7, 11) is 2.94. The molecule has 3 rings (SSSR count). The van der Waals surface area contributed by atoms with Crippen LogP contribution in [0.25, 0.3) is 10.9 Å². The van der Waals surface area contributed by atoms with Gasteiger partial charge in [0.15, 0.2) is 0 Å². The van der Waals surface area contributed by atoms with Crippen molar-refractivity contribution >= 4 is 34.1 Å². The largest absolute Gasteiger partial charge is 0.355 e. The molecule has 0 saturated heterocycles. The van der Waals surface area contributed by atoms with Crippen molar-refractivity contribution in [3.05, 3.63) is 65.6 Å². The van der Waals surface area contributed by atoms with E-state index in [1.54, 1.807) is 0 Å². The quantitative estimate of drug-likeness (QED) is 0.674. The predicted octanol–water partition coefficient (Wildman–Crippen LogP) is 2.84. The Kier molecular flexibility index (Phi) is 4.79. The second-order valence-corrected chi connectivity index (χ2v) is 5.55. The number of nitrogens with one attached hydrogen (secondary N) is 3. The number of fused-ring (bicyclic) bond motifs is 1. The van der Waals surface area contributed by atoms with Gasteiger partial charge in [0.2, 0.25) is 0 Å². The van der Waals surface area contributed by atoms with Gasteiger partial charge in [-0.25, -0.2) is 4.39 Å². The highest BCUT2D eigenvalue weighted by Crippen LogP contribution is 2.31. The summed E-state index contributed by atoms with van der Waals surface area (Å²) in [6.45, 7) is 0. The minimum Gasteiger partial charge on any atom is -0.355 e. The van der Waals surface area contributed by atoms with Crippen molar-refractivity contribution in [3.8, 4) is 0 Å². The number of nitrogens with zero attached hydrogens (tertiary/aromatic N) is 1. The van der Waals surface area contributed by atoms with E-state index in [-0.39, 0.29) is 11.5 Å². The van der Waals surface area contributed by atoms with Crippen LogP contribution in [0.4, 0.5) is 15.8 Å². The van der Waals surface area contributed by atoms with Crippen molar-refractivity contribution in [1.82, 2.24) is 15.6 Å². The molecule has 2 amide bonds. The van der Waals surface area contributed by atoms with Crippen molar-refractivity contribution in [1.29, 1.82) is 0 Å². The summed E-state index contributed by atoms with van der Waals surface area (Å²) < 4.78 is 14.2. The minimum atomic E-state index is -0.678. The summed E-state index contributed by atoms with van der Waals surface area (Å²) >= 11 is 0. The summed E-state index contributed by atoms with van der Waals surface area (Å²) in [5, 5.41) is 8.61. The lowest BCUT2D eigenvalue weighted by Gasteiger charge is -2.15. The molecular formula is C19H17FN4O2. The fourth-order valence-electron chi connectivity index (χ4n) is 2.63. The standard InChI is InChI=1S/C19H17FN4O2/c1-21-18(25)12-8-13-16(9-15(12)20)23-10-14(19(26)22-2)17(13)24-11-6-4-3-5-7-11/h3-10H,1-2H3,(H,21,25)(H,22,26)(H,23,24). The fourth-order valence-corrected chi connectivity index (χ4v) is 2.63. The molecule has 0 spiro atoms. The number of hydrogen-bond donors (Lipinski definition) is 3. The van der Waals surface area contributed by atoms with Gasteiger partial charge in [0, 0.05) is 37.4 Å². The Labute approximate surface area is 149 Å². The molecule has 132 valence electrons. The zero-order chi connectivity index (χ0) is 18.7. The van der Waals surface area contributed by atoms with E-state index < -0.39 is 11.7 Å². The first-order valence-corrected chi connectivity index (χ1v) is 7.93. The van der Waals surface area contributed by atoms with Crippen LogP contribution in [-0.2, 0) is 0 Å². The van der Waals surface area contributed by atoms with Crippen LogP contribution in [0.5, 0.6) is 0 Å². The Hall–Kier alpha value is -3.48. The van der Waals surface area contributed by atoms with Crippen LogP contribution in [0.2, 0.25) is 0 Å². The van der Waals surface area contributed by atoms with Gasteiger partial charge in [-0.3, -0.25) is 14.6 Å². The first-order chi connectivity index (χ1) is 12.5. The Morgan fingerprint density at radius 1 is 0.962 bits per heavy atom. The highest BCUT2D eigenvalue weighted by molar-refractivity contribution is 6.09. The molecule has 3 N–H and O–H groups in total. The lowest BCUT2D eigenvalue weighted by Crippen LogP contribution is -2.21. The number of anilines is 2. The number of carbonyl (C=O) groups excluding carboxylic acids is 2. The average Bonchev–Trinajstić information content (AvgIpc) is 2.67. The van der Waals surface area contributed by atoms with Crippen LogP contribution >= 0.6 is 0 Å². The van der Waals surface area contributed by atoms with Crippen LogP contribution in [0.15, 0.2) is 48.7 Å². The summed E-state index contributed by atoms with van der Waals surface area (Å²) in [6.07, 6.45) is 1.38. The summed E-state index contributed by atoms with van der Waals surface area (Å²) in [4.78, 5) is 28.4. The van der Waals surface area contributed by atoms with Gasteiger partial charge in [-0.05, 0) is 18.2 Å². The smallest absolute Gasteiger partial charge is 0.254 e. The second-order valence-electron chi connectivity index (χ2n) is 5.55. The highest BCUT2D eigenvalue weighted by atomic mass is 19.1. The van der Waals surface area contributed by atoms with Gasteiger partial charge < -0.3 is 16.0 Å². The molecule has 0 saturated carbocycles. The third-order valence-electron chi connectivity index (χ3n) is 3.94. The maximum absolute atomic E-state index is 14.2. The van der Waals surface area contributed by atoms with E-state index in [0.717, 1.165) is 5.69 Å². The van der Waals surface area contributed by atoms with Gasteiger partial charge in [-0.2, -0.15) is 0 Å². The summed E-state index contributed by atoms with van der Waals surface area (Å²) in [6, 6.07) is 11.8. The molecule has 7 heteroatoms. The fraction of sp³-hybridized carbons (Fsp3) is 0.105. The topological polar surface area (TPSA) is 83.1 Å². The number of rotatable bonds is 4. The molecule has 0 fully saturated rings. The normalized spacial score (nSPS) is 10.4. The zero-order valence-electron chi connectivity index (χ0n) is 14.3. The molecule has 6 nitrogen and oxygen atoms in total. The number of para-hydroxylation sites is 1. The van der Waals surface area contributed by atoms with Crippen molar-refractivity contribution in [2.45, 2.75) is 0 Å². The average molecular weight is 352 g/mol. The van der Waals surface area contributed by atoms with E-state index in [2.05, 4.69) is 20.9 Å². The van der Waals surface area contributed by atoms with Gasteiger partial charge >= 0.3 is 0 Å². The van der Waals surface area contributed by atoms with Gasteiger partial charge in [-0.15, -0.1) is 0 Å². The van der Waals surface area contributed by atoms with E-state index in [1.807, 2.05) is 30.3 Å². The summed E-state index contributed by atoms with van der Waals surface area (Å²) in [5.74, 6) is -1.58. The number of amides is 2. The van der Waals surface area contributed by atoms with Gasteiger partial charge in [0.1, 0.15) is 5.82 Å². The number of halogens is 1. The first-order valence-electron chi connectivity index (χ1n) is 7.93. The van der Waals surface area contributed by atoms with Crippen molar-refractivity contribution in [2.75, 3.05) is 19.4 Å². The van der Waals surface area contributed by atoms with E-state index >= 15 is 0 Å². The number of hydrogen-bond acceptors (Lipinski definition) is 4. The first kappa shape index (κ1) is 17.3. The number of carbonyl (C=O) groups is 2. The van der Waals surface area contributed by atoms with Crippen LogP contribution in [0.3, 0.4) is 0 Å². The molecular weight excluding hydrogens is 335 g/mol. The molecule has 0 unspecified atom stereocenters. The third kappa shape index (κ3) is 3.19. The molecule has 0 atom stereocenters. The number of pyridine rings is 1. The Morgan fingerprint density at radius 3 is 2.27 bits per heavy atom. The third-order valence-corrected chi connectivity index (χ3v) is 3.94. The molecule has 3 aromatic rings. The molecule has 2 aromatic carbocycles. The van der Waals surface area contributed by atoms with Gasteiger partial charge in [0.05, 0.1) is 22.3 Å². The lowest BCUT2D eigenvalue weighted by molar-refractivity contribution is 0.0953. The predicted molar refractivity (Wildman–Crippen MR) is 98.2 cm³/mol. The summed E-state index contributed by atoms with van der Waals surface area (Å²) in [5.41, 5.74) is 1.70. The van der Waals surface area contributed by atoms with Crippen LogP contribution in [0, 0.1) is 5.82 Å². The van der Waals surface area contributed by atoms with E-state index in [4.69, 9.17) is 0 Å². The van der Waals surface area contributed by atoms with Crippen molar-refractivity contribution in [3.63, 3.8) is 0 Å². The molecule has 1 aromatic heterocycles. The van der Waals surface area contributed by atoms with E-state index in [1.165, 1.54) is 32.4 Å².